The minimum absolute atomic E-state index is 0.250. The van der Waals surface area contributed by atoms with E-state index >= 15 is 0 Å². The van der Waals surface area contributed by atoms with Crippen molar-refractivity contribution in [2.24, 2.45) is 10.8 Å². The van der Waals surface area contributed by atoms with Gasteiger partial charge in [-0.3, -0.25) is 0 Å². The van der Waals surface area contributed by atoms with Crippen molar-refractivity contribution >= 4 is 0 Å². The van der Waals surface area contributed by atoms with Gasteiger partial charge in [0.1, 0.15) is 0 Å². The summed E-state index contributed by atoms with van der Waals surface area (Å²) in [7, 11) is 0. The van der Waals surface area contributed by atoms with Crippen molar-refractivity contribution in [3.8, 4) is 0 Å². The first-order valence-electron chi connectivity index (χ1n) is 10.9. The lowest BCUT2D eigenvalue weighted by molar-refractivity contribution is 0.0485. The van der Waals surface area contributed by atoms with E-state index in [-0.39, 0.29) is 10.8 Å². The Balaban J connectivity index is 3.07. The van der Waals surface area contributed by atoms with Crippen molar-refractivity contribution in [1.29, 1.82) is 0 Å². The second kappa shape index (κ2) is 17.6. The van der Waals surface area contributed by atoms with Gasteiger partial charge in [0, 0.05) is 26.3 Å². The van der Waals surface area contributed by atoms with Crippen LogP contribution in [0.1, 0.15) is 54.4 Å². The molecule has 0 aliphatic rings. The number of hydrogen-bond acceptors (Lipinski definition) is 6. The molecule has 0 fully saturated rings. The largest absolute Gasteiger partial charge is 0.381 e. The molecule has 0 aliphatic carbocycles. The Kier molecular flexibility index (Phi) is 17.5. The SMILES string of the molecule is CC(C)(C)COCCCNCCOCCOCCNCCCOCC(C)(C)C. The van der Waals surface area contributed by atoms with Gasteiger partial charge in [-0.05, 0) is 36.8 Å². The van der Waals surface area contributed by atoms with Gasteiger partial charge in [-0.1, -0.05) is 41.5 Å². The lowest BCUT2D eigenvalue weighted by Crippen LogP contribution is -2.24. The standard InChI is InChI=1S/C22H48N2O4/c1-21(2,3)19-27-13-7-9-23-11-15-25-17-18-26-16-12-24-10-8-14-28-20-22(4,5)6/h23-24H,7-20H2,1-6H3. The van der Waals surface area contributed by atoms with Crippen LogP contribution in [0.3, 0.4) is 0 Å². The molecule has 0 aromatic heterocycles. The molecule has 2 N–H and O–H groups in total. The van der Waals surface area contributed by atoms with Gasteiger partial charge in [-0.25, -0.2) is 0 Å². The van der Waals surface area contributed by atoms with Crippen molar-refractivity contribution in [1.82, 2.24) is 10.6 Å². The average Bonchev–Trinajstić information content (AvgIpc) is 2.58. The molecule has 0 saturated carbocycles. The summed E-state index contributed by atoms with van der Waals surface area (Å²) in [6.07, 6.45) is 2.07. The Labute approximate surface area is 174 Å². The molecule has 28 heavy (non-hydrogen) atoms. The summed E-state index contributed by atoms with van der Waals surface area (Å²) in [5.41, 5.74) is 0.501. The highest BCUT2D eigenvalue weighted by molar-refractivity contribution is 4.59. The van der Waals surface area contributed by atoms with E-state index in [4.69, 9.17) is 18.9 Å². The topological polar surface area (TPSA) is 61.0 Å². The molecule has 0 radical (unpaired) electrons. The third-order valence-electron chi connectivity index (χ3n) is 3.57. The Morgan fingerprint density at radius 2 is 0.857 bits per heavy atom. The van der Waals surface area contributed by atoms with Gasteiger partial charge in [-0.2, -0.15) is 0 Å². The smallest absolute Gasteiger partial charge is 0.0701 e. The van der Waals surface area contributed by atoms with E-state index in [1.807, 2.05) is 0 Å². The van der Waals surface area contributed by atoms with E-state index in [0.717, 1.165) is 78.7 Å². The summed E-state index contributed by atoms with van der Waals surface area (Å²) in [5.74, 6) is 0. The van der Waals surface area contributed by atoms with Crippen molar-refractivity contribution in [2.75, 3.05) is 79.0 Å². The summed E-state index contributed by atoms with van der Waals surface area (Å²) in [6, 6.07) is 0. The van der Waals surface area contributed by atoms with E-state index in [2.05, 4.69) is 52.2 Å². The van der Waals surface area contributed by atoms with E-state index < -0.39 is 0 Å². The lowest BCUT2D eigenvalue weighted by Gasteiger charge is -2.17. The van der Waals surface area contributed by atoms with Crippen LogP contribution < -0.4 is 10.6 Å². The summed E-state index contributed by atoms with van der Waals surface area (Å²) < 4.78 is 22.4. The molecule has 0 atom stereocenters. The van der Waals surface area contributed by atoms with Crippen LogP contribution >= 0.6 is 0 Å². The maximum Gasteiger partial charge on any atom is 0.0701 e. The van der Waals surface area contributed by atoms with Gasteiger partial charge < -0.3 is 29.6 Å². The summed E-state index contributed by atoms with van der Waals surface area (Å²) in [4.78, 5) is 0. The maximum absolute atomic E-state index is 5.64. The predicted octanol–water partition coefficient (Wildman–Crippen LogP) is 3.10. The molecule has 0 spiro atoms. The van der Waals surface area contributed by atoms with Crippen molar-refractivity contribution in [3.05, 3.63) is 0 Å². The first-order chi connectivity index (χ1) is 13.2. The molecule has 0 bridgehead atoms. The van der Waals surface area contributed by atoms with Gasteiger partial charge in [0.05, 0.1) is 39.6 Å². The third-order valence-corrected chi connectivity index (χ3v) is 3.57. The predicted molar refractivity (Wildman–Crippen MR) is 117 cm³/mol. The third kappa shape index (κ3) is 25.8. The maximum atomic E-state index is 5.64. The van der Waals surface area contributed by atoms with E-state index in [0.29, 0.717) is 13.2 Å². The molecule has 170 valence electrons. The number of rotatable bonds is 19. The second-order valence-corrected chi connectivity index (χ2v) is 9.66. The zero-order valence-electron chi connectivity index (χ0n) is 19.5. The van der Waals surface area contributed by atoms with Gasteiger partial charge in [-0.15, -0.1) is 0 Å². The Bertz CT molecular complexity index is 295. The summed E-state index contributed by atoms with van der Waals surface area (Å²) >= 11 is 0. The van der Waals surface area contributed by atoms with Gasteiger partial charge in [0.25, 0.3) is 0 Å². The van der Waals surface area contributed by atoms with Crippen molar-refractivity contribution in [3.63, 3.8) is 0 Å². The van der Waals surface area contributed by atoms with Crippen LogP contribution in [0.2, 0.25) is 0 Å². The minimum Gasteiger partial charge on any atom is -0.381 e. The molecular formula is C22H48N2O4. The molecule has 0 heterocycles. The Morgan fingerprint density at radius 1 is 0.464 bits per heavy atom. The van der Waals surface area contributed by atoms with Crippen LogP contribution in [0, 0.1) is 10.8 Å². The summed E-state index contributed by atoms with van der Waals surface area (Å²) in [6.45, 7) is 22.8. The zero-order valence-corrected chi connectivity index (χ0v) is 19.5. The lowest BCUT2D eigenvalue weighted by atomic mass is 9.99. The van der Waals surface area contributed by atoms with Crippen LogP contribution in [0.15, 0.2) is 0 Å². The molecule has 0 rings (SSSR count). The summed E-state index contributed by atoms with van der Waals surface area (Å²) in [5, 5.41) is 6.73. The normalized spacial score (nSPS) is 12.6. The fourth-order valence-electron chi connectivity index (χ4n) is 2.22. The zero-order chi connectivity index (χ0) is 21.1. The highest BCUT2D eigenvalue weighted by Crippen LogP contribution is 2.13. The van der Waals surface area contributed by atoms with Crippen LogP contribution in [0.25, 0.3) is 0 Å². The molecular weight excluding hydrogens is 356 g/mol. The fraction of sp³-hybridized carbons (Fsp3) is 1.00. The molecule has 0 aliphatic heterocycles. The first kappa shape index (κ1) is 27.8. The number of hydrogen-bond donors (Lipinski definition) is 2. The second-order valence-electron chi connectivity index (χ2n) is 9.66. The highest BCUT2D eigenvalue weighted by atomic mass is 16.5. The molecule has 0 unspecified atom stereocenters. The molecule has 0 aromatic rings. The minimum atomic E-state index is 0.250. The number of ether oxygens (including phenoxy) is 4. The van der Waals surface area contributed by atoms with E-state index in [9.17, 15) is 0 Å². The van der Waals surface area contributed by atoms with Gasteiger partial charge in [0.15, 0.2) is 0 Å². The van der Waals surface area contributed by atoms with Crippen LogP contribution in [0.5, 0.6) is 0 Å². The monoisotopic (exact) mass is 404 g/mol. The first-order valence-corrected chi connectivity index (χ1v) is 10.9. The molecule has 0 amide bonds. The molecule has 6 nitrogen and oxygen atoms in total. The van der Waals surface area contributed by atoms with Gasteiger partial charge in [0.2, 0.25) is 0 Å². The Morgan fingerprint density at radius 3 is 1.21 bits per heavy atom. The van der Waals surface area contributed by atoms with Crippen LogP contribution in [-0.4, -0.2) is 79.0 Å². The van der Waals surface area contributed by atoms with E-state index in [1.54, 1.807) is 0 Å². The van der Waals surface area contributed by atoms with Crippen molar-refractivity contribution < 1.29 is 18.9 Å². The van der Waals surface area contributed by atoms with Crippen molar-refractivity contribution in [2.45, 2.75) is 54.4 Å². The Hall–Kier alpha value is -0.240. The van der Waals surface area contributed by atoms with E-state index in [1.165, 1.54) is 0 Å². The molecule has 0 saturated heterocycles. The highest BCUT2D eigenvalue weighted by Gasteiger charge is 2.09. The van der Waals surface area contributed by atoms with Crippen LogP contribution in [-0.2, 0) is 18.9 Å². The van der Waals surface area contributed by atoms with Crippen LogP contribution in [0.4, 0.5) is 0 Å². The van der Waals surface area contributed by atoms with Gasteiger partial charge >= 0.3 is 0 Å². The average molecular weight is 405 g/mol. The quantitative estimate of drug-likeness (QED) is 0.323. The number of nitrogens with one attached hydrogen (secondary N) is 2. The molecule has 6 heteroatoms. The fourth-order valence-corrected chi connectivity index (χ4v) is 2.22. The molecule has 0 aromatic carbocycles.